The Morgan fingerprint density at radius 2 is 2.21 bits per heavy atom. The van der Waals surface area contributed by atoms with Gasteiger partial charge >= 0.3 is 0 Å². The van der Waals surface area contributed by atoms with Crippen molar-refractivity contribution in [1.82, 2.24) is 29.9 Å². The van der Waals surface area contributed by atoms with E-state index in [0.29, 0.717) is 13.1 Å². The molecule has 0 bridgehead atoms. The molecule has 0 spiro atoms. The third kappa shape index (κ3) is 3.22. The minimum absolute atomic E-state index is 0.0722. The Balaban J connectivity index is 1.80. The van der Waals surface area contributed by atoms with Crippen LogP contribution in [0.4, 0.5) is 5.82 Å². The van der Waals surface area contributed by atoms with Crippen LogP contribution in [-0.4, -0.2) is 48.9 Å². The Labute approximate surface area is 141 Å². The van der Waals surface area contributed by atoms with Gasteiger partial charge in [-0.3, -0.25) is 4.79 Å². The van der Waals surface area contributed by atoms with Crippen molar-refractivity contribution < 1.29 is 4.79 Å². The number of hydrogen-bond donors (Lipinski definition) is 1. The summed E-state index contributed by atoms with van der Waals surface area (Å²) >= 11 is 0. The zero-order valence-electron chi connectivity index (χ0n) is 14.3. The van der Waals surface area contributed by atoms with Crippen LogP contribution in [0.15, 0.2) is 18.7 Å². The van der Waals surface area contributed by atoms with E-state index in [0.717, 1.165) is 30.0 Å². The van der Waals surface area contributed by atoms with Gasteiger partial charge in [-0.05, 0) is 24.5 Å². The van der Waals surface area contributed by atoms with Crippen LogP contribution >= 0.6 is 0 Å². The number of fused-ring (bicyclic) bond motifs is 1. The van der Waals surface area contributed by atoms with Crippen LogP contribution in [0.3, 0.4) is 0 Å². The first kappa shape index (κ1) is 16.4. The summed E-state index contributed by atoms with van der Waals surface area (Å²) in [6.07, 6.45) is 3.80. The molecule has 1 atom stereocenters. The molecule has 1 aliphatic rings. The van der Waals surface area contributed by atoms with Crippen molar-refractivity contribution in [3.8, 4) is 0 Å². The standard InChI is InChI=1S/C16H23N7O/c1-4-18-14-7-12-8-22(6-5-13(12)20-21-14)16(24)15(11(2)3)23-10-17-9-19-23/h7,9-11,15H,4-6,8H2,1-3H3,(H,18,21)/t15-/m0/s1. The van der Waals surface area contributed by atoms with Crippen molar-refractivity contribution in [2.45, 2.75) is 39.8 Å². The van der Waals surface area contributed by atoms with E-state index in [9.17, 15) is 4.79 Å². The van der Waals surface area contributed by atoms with Gasteiger partial charge in [0.2, 0.25) is 5.91 Å². The monoisotopic (exact) mass is 329 g/mol. The number of carbonyl (C=O) groups is 1. The number of nitrogens with zero attached hydrogens (tertiary/aromatic N) is 6. The third-order valence-electron chi connectivity index (χ3n) is 4.22. The van der Waals surface area contributed by atoms with Gasteiger partial charge < -0.3 is 10.2 Å². The van der Waals surface area contributed by atoms with Gasteiger partial charge in [-0.1, -0.05) is 13.8 Å². The molecule has 0 saturated heterocycles. The van der Waals surface area contributed by atoms with Gasteiger partial charge in [-0.25, -0.2) is 9.67 Å². The van der Waals surface area contributed by atoms with Crippen LogP contribution in [0.25, 0.3) is 0 Å². The second kappa shape index (κ2) is 6.94. The Morgan fingerprint density at radius 3 is 2.88 bits per heavy atom. The third-order valence-corrected chi connectivity index (χ3v) is 4.22. The van der Waals surface area contributed by atoms with Gasteiger partial charge in [0.25, 0.3) is 0 Å². The average Bonchev–Trinajstić information content (AvgIpc) is 3.08. The first-order chi connectivity index (χ1) is 11.6. The molecule has 8 nitrogen and oxygen atoms in total. The highest BCUT2D eigenvalue weighted by Crippen LogP contribution is 2.24. The fraction of sp³-hybridized carbons (Fsp3) is 0.562. The lowest BCUT2D eigenvalue weighted by atomic mass is 10.0. The predicted octanol–water partition coefficient (Wildman–Crippen LogP) is 1.28. The van der Waals surface area contributed by atoms with E-state index >= 15 is 0 Å². The van der Waals surface area contributed by atoms with Crippen LogP contribution in [0.1, 0.15) is 38.1 Å². The highest BCUT2D eigenvalue weighted by atomic mass is 16.2. The minimum atomic E-state index is -0.336. The van der Waals surface area contributed by atoms with E-state index in [4.69, 9.17) is 0 Å². The van der Waals surface area contributed by atoms with Crippen LogP contribution in [0.5, 0.6) is 0 Å². The molecule has 0 fully saturated rings. The molecule has 3 heterocycles. The van der Waals surface area contributed by atoms with Crippen molar-refractivity contribution in [3.63, 3.8) is 0 Å². The molecule has 24 heavy (non-hydrogen) atoms. The van der Waals surface area contributed by atoms with E-state index in [1.165, 1.54) is 6.33 Å². The van der Waals surface area contributed by atoms with Gasteiger partial charge in [-0.2, -0.15) is 10.2 Å². The topological polar surface area (TPSA) is 88.8 Å². The summed E-state index contributed by atoms with van der Waals surface area (Å²) in [5.41, 5.74) is 2.03. The van der Waals surface area contributed by atoms with Crippen molar-refractivity contribution in [2.24, 2.45) is 5.92 Å². The molecule has 0 aliphatic carbocycles. The van der Waals surface area contributed by atoms with Crippen LogP contribution in [0, 0.1) is 5.92 Å². The van der Waals surface area contributed by atoms with E-state index in [1.54, 1.807) is 11.0 Å². The first-order valence-corrected chi connectivity index (χ1v) is 8.32. The van der Waals surface area contributed by atoms with Gasteiger partial charge in [0.05, 0.1) is 5.69 Å². The number of anilines is 1. The molecule has 0 unspecified atom stereocenters. The molecule has 1 amide bonds. The summed E-state index contributed by atoms with van der Waals surface area (Å²) in [5, 5.41) is 15.8. The number of hydrogen-bond acceptors (Lipinski definition) is 6. The molecule has 3 rings (SSSR count). The lowest BCUT2D eigenvalue weighted by Gasteiger charge is -2.32. The first-order valence-electron chi connectivity index (χ1n) is 8.32. The lowest BCUT2D eigenvalue weighted by molar-refractivity contribution is -0.137. The summed E-state index contributed by atoms with van der Waals surface area (Å²) in [4.78, 5) is 18.9. The normalized spacial score (nSPS) is 15.2. The predicted molar refractivity (Wildman–Crippen MR) is 89.2 cm³/mol. The fourth-order valence-corrected chi connectivity index (χ4v) is 3.04. The second-order valence-electron chi connectivity index (χ2n) is 6.31. The maximum Gasteiger partial charge on any atom is 0.248 e. The van der Waals surface area contributed by atoms with E-state index in [1.807, 2.05) is 31.7 Å². The van der Waals surface area contributed by atoms with Gasteiger partial charge in [0.1, 0.15) is 24.5 Å². The largest absolute Gasteiger partial charge is 0.369 e. The molecule has 128 valence electrons. The zero-order valence-corrected chi connectivity index (χ0v) is 14.3. The Kier molecular flexibility index (Phi) is 4.73. The quantitative estimate of drug-likeness (QED) is 0.889. The minimum Gasteiger partial charge on any atom is -0.369 e. The highest BCUT2D eigenvalue weighted by molar-refractivity contribution is 5.81. The molecule has 2 aromatic heterocycles. The van der Waals surface area contributed by atoms with Crippen molar-refractivity contribution in [1.29, 1.82) is 0 Å². The zero-order chi connectivity index (χ0) is 17.1. The number of aromatic nitrogens is 5. The molecule has 8 heteroatoms. The number of amides is 1. The second-order valence-corrected chi connectivity index (χ2v) is 6.31. The summed E-state index contributed by atoms with van der Waals surface area (Å²) in [7, 11) is 0. The molecular weight excluding hydrogens is 306 g/mol. The Hall–Kier alpha value is -2.51. The summed E-state index contributed by atoms with van der Waals surface area (Å²) in [6, 6.07) is 1.66. The molecular formula is C16H23N7O. The highest BCUT2D eigenvalue weighted by Gasteiger charge is 2.31. The number of rotatable bonds is 5. The molecule has 1 N–H and O–H groups in total. The Morgan fingerprint density at radius 1 is 1.38 bits per heavy atom. The Bertz CT molecular complexity index is 698. The SMILES string of the molecule is CCNc1cc2c(nn1)CCN(C(=O)[C@H](C(C)C)n1cncn1)C2. The average molecular weight is 329 g/mol. The molecule has 0 radical (unpaired) electrons. The smallest absolute Gasteiger partial charge is 0.248 e. The fourth-order valence-electron chi connectivity index (χ4n) is 3.04. The van der Waals surface area contributed by atoms with Crippen LogP contribution < -0.4 is 5.32 Å². The number of carbonyl (C=O) groups excluding carboxylic acids is 1. The molecule has 0 saturated carbocycles. The van der Waals surface area contributed by atoms with E-state index in [-0.39, 0.29) is 17.9 Å². The van der Waals surface area contributed by atoms with Crippen LogP contribution in [0.2, 0.25) is 0 Å². The maximum absolute atomic E-state index is 13.0. The summed E-state index contributed by atoms with van der Waals surface area (Å²) < 4.78 is 1.65. The van der Waals surface area contributed by atoms with Gasteiger partial charge in [-0.15, -0.1) is 5.10 Å². The van der Waals surface area contributed by atoms with Crippen molar-refractivity contribution in [2.75, 3.05) is 18.4 Å². The molecule has 2 aromatic rings. The van der Waals surface area contributed by atoms with E-state index in [2.05, 4.69) is 25.6 Å². The van der Waals surface area contributed by atoms with Gasteiger partial charge in [0, 0.05) is 26.1 Å². The van der Waals surface area contributed by atoms with Crippen LogP contribution in [-0.2, 0) is 17.8 Å². The summed E-state index contributed by atoms with van der Waals surface area (Å²) in [5.74, 6) is 0.957. The summed E-state index contributed by atoms with van der Waals surface area (Å²) in [6.45, 7) is 8.06. The maximum atomic E-state index is 13.0. The van der Waals surface area contributed by atoms with E-state index < -0.39 is 0 Å². The molecule has 1 aliphatic heterocycles. The van der Waals surface area contributed by atoms with Gasteiger partial charge in [0.15, 0.2) is 0 Å². The van der Waals surface area contributed by atoms with Crippen molar-refractivity contribution >= 4 is 11.7 Å². The lowest BCUT2D eigenvalue weighted by Crippen LogP contribution is -2.42. The van der Waals surface area contributed by atoms with Crippen molar-refractivity contribution in [3.05, 3.63) is 30.0 Å². The molecule has 0 aromatic carbocycles. The number of nitrogens with one attached hydrogen (secondary N) is 1.